The van der Waals surface area contributed by atoms with Crippen LogP contribution in [0.5, 0.6) is 11.5 Å². The third-order valence-corrected chi connectivity index (χ3v) is 3.20. The first-order valence-electron chi connectivity index (χ1n) is 6.57. The van der Waals surface area contributed by atoms with Crippen molar-refractivity contribution in [2.45, 2.75) is 13.0 Å². The molecule has 0 heterocycles. The third-order valence-electron chi connectivity index (χ3n) is 2.94. The van der Waals surface area contributed by atoms with Crippen molar-refractivity contribution < 1.29 is 19.6 Å². The maximum atomic E-state index is 12.1. The average molecular weight is 337 g/mol. The second-order valence-electron chi connectivity index (χ2n) is 4.66. The van der Waals surface area contributed by atoms with Gasteiger partial charge in [0.1, 0.15) is 11.5 Å². The first-order chi connectivity index (χ1) is 10.9. The van der Waals surface area contributed by atoms with E-state index >= 15 is 0 Å². The van der Waals surface area contributed by atoms with Gasteiger partial charge in [-0.2, -0.15) is 0 Å². The topological polar surface area (TPSA) is 102 Å². The summed E-state index contributed by atoms with van der Waals surface area (Å²) in [6, 6.07) is 9.80. The van der Waals surface area contributed by atoms with Crippen LogP contribution in [-0.4, -0.2) is 22.0 Å². The molecular weight excluding hydrogens is 324 g/mol. The summed E-state index contributed by atoms with van der Waals surface area (Å²) in [5, 5.41) is 23.3. The average Bonchev–Trinajstić information content (AvgIpc) is 2.51. The number of benzene rings is 2. The van der Waals surface area contributed by atoms with Crippen LogP contribution in [0.25, 0.3) is 0 Å². The Morgan fingerprint density at radius 1 is 1.30 bits per heavy atom. The van der Waals surface area contributed by atoms with Crippen molar-refractivity contribution in [3.63, 3.8) is 0 Å². The van der Waals surface area contributed by atoms with E-state index in [1.807, 2.05) is 0 Å². The highest BCUT2D eigenvalue weighted by atomic mass is 35.5. The number of halogens is 1. The molecule has 0 aliphatic heterocycles. The number of rotatable bonds is 5. The molecule has 1 atom stereocenters. The van der Waals surface area contributed by atoms with E-state index < -0.39 is 16.9 Å². The smallest absolute Gasteiger partial charge is 0.271 e. The molecule has 1 unspecified atom stereocenters. The minimum atomic E-state index is -0.880. The van der Waals surface area contributed by atoms with Crippen LogP contribution in [0, 0.1) is 10.1 Å². The molecule has 0 spiro atoms. The molecule has 2 aromatic carbocycles. The first kappa shape index (κ1) is 16.6. The van der Waals surface area contributed by atoms with Gasteiger partial charge in [-0.05, 0) is 37.3 Å². The van der Waals surface area contributed by atoms with E-state index in [1.54, 1.807) is 24.3 Å². The van der Waals surface area contributed by atoms with Crippen LogP contribution in [0.1, 0.15) is 6.92 Å². The first-order valence-corrected chi connectivity index (χ1v) is 6.95. The van der Waals surface area contributed by atoms with Crippen LogP contribution in [0.2, 0.25) is 5.02 Å². The van der Waals surface area contributed by atoms with Gasteiger partial charge in [-0.15, -0.1) is 0 Å². The summed E-state index contributed by atoms with van der Waals surface area (Å²) in [4.78, 5) is 22.2. The SMILES string of the molecule is CC(Oc1ccc(Cl)cc1)C(=O)Nc1cc([N+](=O)[O-])ccc1O. The predicted octanol–water partition coefficient (Wildman–Crippen LogP) is 3.36. The molecule has 2 N–H and O–H groups in total. The predicted molar refractivity (Wildman–Crippen MR) is 84.9 cm³/mol. The van der Waals surface area contributed by atoms with Gasteiger partial charge in [0, 0.05) is 17.2 Å². The number of ether oxygens (including phenoxy) is 1. The highest BCUT2D eigenvalue weighted by Crippen LogP contribution is 2.28. The minimum Gasteiger partial charge on any atom is -0.506 e. The van der Waals surface area contributed by atoms with Crippen molar-refractivity contribution in [2.75, 3.05) is 5.32 Å². The number of non-ortho nitro benzene ring substituents is 1. The van der Waals surface area contributed by atoms with Crippen LogP contribution in [-0.2, 0) is 4.79 Å². The van der Waals surface area contributed by atoms with E-state index in [2.05, 4.69) is 5.32 Å². The zero-order chi connectivity index (χ0) is 17.0. The van der Waals surface area contributed by atoms with Gasteiger partial charge in [-0.1, -0.05) is 11.6 Å². The summed E-state index contributed by atoms with van der Waals surface area (Å²) in [6.45, 7) is 1.51. The maximum Gasteiger partial charge on any atom is 0.271 e. The number of amides is 1. The summed E-state index contributed by atoms with van der Waals surface area (Å²) in [7, 11) is 0. The number of aromatic hydroxyl groups is 1. The number of nitro benzene ring substituents is 1. The zero-order valence-electron chi connectivity index (χ0n) is 12.0. The van der Waals surface area contributed by atoms with E-state index in [-0.39, 0.29) is 17.1 Å². The summed E-state index contributed by atoms with van der Waals surface area (Å²) in [5.41, 5.74) is -0.305. The largest absolute Gasteiger partial charge is 0.506 e. The van der Waals surface area contributed by atoms with Crippen molar-refractivity contribution in [1.29, 1.82) is 0 Å². The summed E-state index contributed by atoms with van der Waals surface area (Å²) in [5.74, 6) is -0.390. The molecule has 2 rings (SSSR count). The van der Waals surface area contributed by atoms with Crippen molar-refractivity contribution in [3.05, 3.63) is 57.6 Å². The molecule has 2 aromatic rings. The second kappa shape index (κ2) is 6.97. The number of anilines is 1. The Bertz CT molecular complexity index is 733. The fourth-order valence-corrected chi connectivity index (χ4v) is 1.87. The Kier molecular flexibility index (Phi) is 5.02. The summed E-state index contributed by atoms with van der Waals surface area (Å²) in [6.07, 6.45) is -0.880. The fraction of sp³-hybridized carbons (Fsp3) is 0.133. The van der Waals surface area contributed by atoms with Gasteiger partial charge in [0.05, 0.1) is 10.6 Å². The van der Waals surface area contributed by atoms with Gasteiger partial charge >= 0.3 is 0 Å². The molecule has 0 aromatic heterocycles. The van der Waals surface area contributed by atoms with Crippen molar-refractivity contribution in [3.8, 4) is 11.5 Å². The Hall–Kier alpha value is -2.80. The lowest BCUT2D eigenvalue weighted by atomic mass is 10.2. The quantitative estimate of drug-likeness (QED) is 0.495. The van der Waals surface area contributed by atoms with Gasteiger partial charge in [-0.3, -0.25) is 14.9 Å². The third kappa shape index (κ3) is 4.33. The highest BCUT2D eigenvalue weighted by Gasteiger charge is 2.18. The molecule has 0 saturated carbocycles. The maximum absolute atomic E-state index is 12.1. The number of nitrogens with zero attached hydrogens (tertiary/aromatic N) is 1. The second-order valence-corrected chi connectivity index (χ2v) is 5.10. The van der Waals surface area contributed by atoms with Gasteiger partial charge in [0.2, 0.25) is 0 Å². The number of hydrogen-bond donors (Lipinski definition) is 2. The molecule has 0 saturated heterocycles. The lowest BCUT2D eigenvalue weighted by Crippen LogP contribution is -2.30. The lowest BCUT2D eigenvalue weighted by Gasteiger charge is -2.15. The molecule has 0 radical (unpaired) electrons. The van der Waals surface area contributed by atoms with Crippen LogP contribution >= 0.6 is 11.6 Å². The molecule has 0 aliphatic carbocycles. The van der Waals surface area contributed by atoms with E-state index in [4.69, 9.17) is 16.3 Å². The summed E-state index contributed by atoms with van der Waals surface area (Å²) < 4.78 is 5.43. The summed E-state index contributed by atoms with van der Waals surface area (Å²) >= 11 is 5.76. The molecule has 7 nitrogen and oxygen atoms in total. The Balaban J connectivity index is 2.07. The van der Waals surface area contributed by atoms with E-state index in [9.17, 15) is 20.0 Å². The highest BCUT2D eigenvalue weighted by molar-refractivity contribution is 6.30. The Labute approximate surface area is 136 Å². The van der Waals surface area contributed by atoms with Crippen LogP contribution in [0.4, 0.5) is 11.4 Å². The monoisotopic (exact) mass is 336 g/mol. The Morgan fingerprint density at radius 3 is 2.57 bits per heavy atom. The van der Waals surface area contributed by atoms with Crippen LogP contribution < -0.4 is 10.1 Å². The standard InChI is InChI=1S/C15H13ClN2O5/c1-9(23-12-5-2-10(16)3-6-12)15(20)17-13-8-11(18(21)22)4-7-14(13)19/h2-9,19H,1H3,(H,17,20). The molecular formula is C15H13ClN2O5. The van der Waals surface area contributed by atoms with E-state index in [0.29, 0.717) is 10.8 Å². The van der Waals surface area contributed by atoms with Crippen LogP contribution in [0.15, 0.2) is 42.5 Å². The van der Waals surface area contributed by atoms with Gasteiger partial charge in [0.25, 0.3) is 11.6 Å². The minimum absolute atomic E-state index is 0.0595. The number of carbonyl (C=O) groups excluding carboxylic acids is 1. The number of nitrogens with one attached hydrogen (secondary N) is 1. The number of phenols is 1. The number of carbonyl (C=O) groups is 1. The Morgan fingerprint density at radius 2 is 1.96 bits per heavy atom. The zero-order valence-corrected chi connectivity index (χ0v) is 12.8. The number of hydrogen-bond acceptors (Lipinski definition) is 5. The number of nitro groups is 1. The lowest BCUT2D eigenvalue weighted by molar-refractivity contribution is -0.384. The van der Waals surface area contributed by atoms with E-state index in [1.165, 1.54) is 6.92 Å². The molecule has 23 heavy (non-hydrogen) atoms. The van der Waals surface area contributed by atoms with Gasteiger partial charge < -0.3 is 15.2 Å². The molecule has 0 aliphatic rings. The molecule has 8 heteroatoms. The fourth-order valence-electron chi connectivity index (χ4n) is 1.74. The van der Waals surface area contributed by atoms with Gasteiger partial charge in [0.15, 0.2) is 6.10 Å². The normalized spacial score (nSPS) is 11.6. The molecule has 120 valence electrons. The van der Waals surface area contributed by atoms with Crippen molar-refractivity contribution in [1.82, 2.24) is 0 Å². The van der Waals surface area contributed by atoms with Crippen molar-refractivity contribution >= 4 is 28.9 Å². The van der Waals surface area contributed by atoms with Gasteiger partial charge in [-0.25, -0.2) is 0 Å². The number of phenolic OH excluding ortho intramolecular Hbond substituents is 1. The molecule has 1 amide bonds. The molecule has 0 bridgehead atoms. The van der Waals surface area contributed by atoms with E-state index in [0.717, 1.165) is 18.2 Å². The van der Waals surface area contributed by atoms with Crippen LogP contribution in [0.3, 0.4) is 0 Å². The molecule has 0 fully saturated rings. The van der Waals surface area contributed by atoms with Crippen molar-refractivity contribution in [2.24, 2.45) is 0 Å².